The van der Waals surface area contributed by atoms with Gasteiger partial charge in [-0.25, -0.2) is 0 Å². The lowest BCUT2D eigenvalue weighted by Crippen LogP contribution is -2.40. The van der Waals surface area contributed by atoms with Gasteiger partial charge in [0.15, 0.2) is 6.29 Å². The van der Waals surface area contributed by atoms with E-state index in [1.54, 1.807) is 12.1 Å². The third kappa shape index (κ3) is 16.6. The van der Waals surface area contributed by atoms with E-state index in [0.717, 1.165) is 59.4 Å². The van der Waals surface area contributed by atoms with Crippen LogP contribution in [0.2, 0.25) is 0 Å². The van der Waals surface area contributed by atoms with Crippen LogP contribution in [0.1, 0.15) is 158 Å². The standard InChI is InChI=1S/C53H74N4O5/c1-3-5-7-9-11-19-35-57(36-20-12-10-8-6-4-2)39-46-37-50(43-29-27-41(40-58)28-30-43)62-53(61-46)44-33-31-42(32-34-44)47-22-14-13-21-45(47)38-55-51(59)25-17-18-26-52(60)56-49-24-16-15-23-48(49)54/h13-16,21-24,27-34,46,50,53,58H,3-12,17-20,25-26,35-40,54H2,1-2H3,(H,55,59)(H,56,60)/t46-,50+,53+/m1/s1. The van der Waals surface area contributed by atoms with Gasteiger partial charge in [-0.15, -0.1) is 0 Å². The Morgan fingerprint density at radius 1 is 0.677 bits per heavy atom. The zero-order valence-corrected chi connectivity index (χ0v) is 37.6. The summed E-state index contributed by atoms with van der Waals surface area (Å²) in [4.78, 5) is 27.9. The van der Waals surface area contributed by atoms with E-state index in [4.69, 9.17) is 15.2 Å². The van der Waals surface area contributed by atoms with Gasteiger partial charge in [-0.05, 0) is 78.7 Å². The molecular weight excluding hydrogens is 773 g/mol. The molecule has 1 fully saturated rings. The van der Waals surface area contributed by atoms with Gasteiger partial charge in [-0.3, -0.25) is 9.59 Å². The molecule has 5 N–H and O–H groups in total. The monoisotopic (exact) mass is 847 g/mol. The molecule has 336 valence electrons. The molecule has 0 saturated carbocycles. The first kappa shape index (κ1) is 48.5. The normalized spacial score (nSPS) is 16.4. The number of nitrogens with two attached hydrogens (primary N) is 1. The van der Waals surface area contributed by atoms with Gasteiger partial charge in [0.05, 0.1) is 30.2 Å². The van der Waals surface area contributed by atoms with Crippen LogP contribution < -0.4 is 16.4 Å². The van der Waals surface area contributed by atoms with E-state index >= 15 is 0 Å². The Balaban J connectivity index is 1.20. The highest BCUT2D eigenvalue weighted by Crippen LogP contribution is 2.39. The summed E-state index contributed by atoms with van der Waals surface area (Å²) in [6.07, 6.45) is 17.5. The lowest BCUT2D eigenvalue weighted by atomic mass is 9.97. The summed E-state index contributed by atoms with van der Waals surface area (Å²) >= 11 is 0. The number of hydrogen-bond donors (Lipinski definition) is 4. The van der Waals surface area contributed by atoms with Crippen LogP contribution in [0.5, 0.6) is 0 Å². The predicted molar refractivity (Wildman–Crippen MR) is 253 cm³/mol. The second kappa shape index (κ2) is 27.5. The number of unbranched alkanes of at least 4 members (excludes halogenated alkanes) is 11. The van der Waals surface area contributed by atoms with Crippen LogP contribution in [-0.2, 0) is 32.2 Å². The van der Waals surface area contributed by atoms with E-state index in [-0.39, 0.29) is 30.6 Å². The molecule has 0 radical (unpaired) electrons. The van der Waals surface area contributed by atoms with Gasteiger partial charge in [-0.2, -0.15) is 0 Å². The molecule has 4 aromatic rings. The zero-order valence-electron chi connectivity index (χ0n) is 37.6. The van der Waals surface area contributed by atoms with Crippen LogP contribution in [0.4, 0.5) is 11.4 Å². The van der Waals surface area contributed by atoms with Crippen molar-refractivity contribution in [3.05, 3.63) is 119 Å². The van der Waals surface area contributed by atoms with E-state index in [9.17, 15) is 14.7 Å². The van der Waals surface area contributed by atoms with Gasteiger partial charge in [0.2, 0.25) is 11.8 Å². The molecule has 0 spiro atoms. The highest BCUT2D eigenvalue weighted by Gasteiger charge is 2.33. The number of benzene rings is 4. The van der Waals surface area contributed by atoms with Crippen molar-refractivity contribution in [2.45, 2.75) is 155 Å². The van der Waals surface area contributed by atoms with Gasteiger partial charge in [-0.1, -0.05) is 163 Å². The van der Waals surface area contributed by atoms with Crippen molar-refractivity contribution < 1.29 is 24.2 Å². The Labute approximate surface area is 372 Å². The Morgan fingerprint density at radius 3 is 1.94 bits per heavy atom. The van der Waals surface area contributed by atoms with Gasteiger partial charge >= 0.3 is 0 Å². The smallest absolute Gasteiger partial charge is 0.224 e. The average Bonchev–Trinajstić information content (AvgIpc) is 3.30. The van der Waals surface area contributed by atoms with Crippen molar-refractivity contribution in [2.24, 2.45) is 0 Å². The fourth-order valence-electron chi connectivity index (χ4n) is 8.30. The minimum absolute atomic E-state index is 0.00581. The van der Waals surface area contributed by atoms with Crippen LogP contribution >= 0.6 is 0 Å². The molecule has 62 heavy (non-hydrogen) atoms. The third-order valence-corrected chi connectivity index (χ3v) is 12.0. The van der Waals surface area contributed by atoms with Crippen LogP contribution in [-0.4, -0.2) is 47.6 Å². The molecule has 5 rings (SSSR count). The number of hydrogen-bond acceptors (Lipinski definition) is 7. The molecule has 4 aromatic carbocycles. The Morgan fingerprint density at radius 2 is 1.27 bits per heavy atom. The fourth-order valence-corrected chi connectivity index (χ4v) is 8.30. The van der Waals surface area contributed by atoms with Crippen LogP contribution in [0.3, 0.4) is 0 Å². The molecule has 0 aromatic heterocycles. The number of para-hydroxylation sites is 2. The molecule has 1 saturated heterocycles. The second-order valence-electron chi connectivity index (χ2n) is 17.1. The number of carbonyl (C=O) groups is 2. The molecule has 3 atom stereocenters. The van der Waals surface area contributed by atoms with Gasteiger partial charge < -0.3 is 35.8 Å². The first-order chi connectivity index (χ1) is 30.4. The van der Waals surface area contributed by atoms with Crippen LogP contribution in [0.25, 0.3) is 11.1 Å². The Kier molecular flexibility index (Phi) is 21.5. The highest BCUT2D eigenvalue weighted by molar-refractivity contribution is 5.93. The SMILES string of the molecule is CCCCCCCCN(CCCCCCCC)C[C@H]1C[C@@H](c2ccc(CO)cc2)O[C@@H](c2ccc(-c3ccccc3CNC(=O)CCCCC(=O)Nc3ccccc3N)cc2)O1. The number of amides is 2. The summed E-state index contributed by atoms with van der Waals surface area (Å²) in [5.74, 6) is -0.149. The lowest BCUT2D eigenvalue weighted by molar-refractivity contribution is -0.253. The molecule has 1 aliphatic rings. The molecule has 1 aliphatic heterocycles. The van der Waals surface area contributed by atoms with E-state index in [0.29, 0.717) is 43.6 Å². The number of ether oxygens (including phenoxy) is 2. The van der Waals surface area contributed by atoms with E-state index in [1.165, 1.54) is 77.0 Å². The summed E-state index contributed by atoms with van der Waals surface area (Å²) in [7, 11) is 0. The molecule has 0 unspecified atom stereocenters. The number of nitrogens with one attached hydrogen (secondary N) is 2. The minimum Gasteiger partial charge on any atom is -0.397 e. The maximum Gasteiger partial charge on any atom is 0.224 e. The maximum atomic E-state index is 12.8. The Hall–Kier alpha value is -4.54. The summed E-state index contributed by atoms with van der Waals surface area (Å²) in [5, 5.41) is 15.7. The van der Waals surface area contributed by atoms with E-state index in [2.05, 4.69) is 77.9 Å². The zero-order chi connectivity index (χ0) is 43.8. The average molecular weight is 847 g/mol. The molecule has 0 bridgehead atoms. The topological polar surface area (TPSA) is 126 Å². The van der Waals surface area contributed by atoms with Gasteiger partial charge in [0.1, 0.15) is 0 Å². The third-order valence-electron chi connectivity index (χ3n) is 12.0. The maximum absolute atomic E-state index is 12.8. The molecule has 0 aliphatic carbocycles. The number of rotatable bonds is 28. The number of nitrogen functional groups attached to an aromatic ring is 1. The summed E-state index contributed by atoms with van der Waals surface area (Å²) in [6, 6.07) is 32.0. The number of carbonyl (C=O) groups excluding carboxylic acids is 2. The van der Waals surface area contributed by atoms with Crippen molar-refractivity contribution >= 4 is 23.2 Å². The largest absolute Gasteiger partial charge is 0.397 e. The number of anilines is 2. The number of nitrogens with zero attached hydrogens (tertiary/aromatic N) is 1. The Bertz CT molecular complexity index is 1870. The highest BCUT2D eigenvalue weighted by atomic mass is 16.7. The second-order valence-corrected chi connectivity index (χ2v) is 17.1. The summed E-state index contributed by atoms with van der Waals surface area (Å²) < 4.78 is 13.6. The molecular formula is C53H74N4O5. The van der Waals surface area contributed by atoms with Crippen LogP contribution in [0.15, 0.2) is 97.1 Å². The van der Waals surface area contributed by atoms with Gasteiger partial charge in [0, 0.05) is 37.9 Å². The fraction of sp³-hybridized carbons (Fsp3) is 0.509. The van der Waals surface area contributed by atoms with Gasteiger partial charge in [0.25, 0.3) is 0 Å². The summed E-state index contributed by atoms with van der Waals surface area (Å²) in [6.45, 7) is 8.05. The number of aliphatic hydroxyl groups is 1. The molecule has 2 amide bonds. The molecule has 9 heteroatoms. The van der Waals surface area contributed by atoms with E-state index < -0.39 is 6.29 Å². The molecule has 9 nitrogen and oxygen atoms in total. The quantitative estimate of drug-likeness (QED) is 0.0331. The first-order valence-corrected chi connectivity index (χ1v) is 23.7. The van der Waals surface area contributed by atoms with Crippen molar-refractivity contribution in [1.29, 1.82) is 0 Å². The van der Waals surface area contributed by atoms with E-state index in [1.807, 2.05) is 36.4 Å². The lowest BCUT2D eigenvalue weighted by Gasteiger charge is -2.38. The van der Waals surface area contributed by atoms with Crippen molar-refractivity contribution in [2.75, 3.05) is 30.7 Å². The summed E-state index contributed by atoms with van der Waals surface area (Å²) in [5.41, 5.74) is 13.2. The van der Waals surface area contributed by atoms with Crippen LogP contribution in [0, 0.1) is 0 Å². The van der Waals surface area contributed by atoms with Crippen molar-refractivity contribution in [1.82, 2.24) is 10.2 Å². The van der Waals surface area contributed by atoms with Crippen molar-refractivity contribution in [3.63, 3.8) is 0 Å². The number of aliphatic hydroxyl groups excluding tert-OH is 1. The first-order valence-electron chi connectivity index (χ1n) is 23.7. The minimum atomic E-state index is -0.521. The molecule has 1 heterocycles. The predicted octanol–water partition coefficient (Wildman–Crippen LogP) is 11.8. The van der Waals surface area contributed by atoms with Crippen molar-refractivity contribution in [3.8, 4) is 11.1 Å².